The van der Waals surface area contributed by atoms with Crippen molar-refractivity contribution in [1.82, 2.24) is 5.32 Å². The Morgan fingerprint density at radius 2 is 1.77 bits per heavy atom. The maximum atomic E-state index is 12.6. The number of nitriles is 1. The Bertz CT molecular complexity index is 854. The summed E-state index contributed by atoms with van der Waals surface area (Å²) in [6.45, 7) is 5.64. The van der Waals surface area contributed by atoms with Gasteiger partial charge in [-0.15, -0.1) is 0 Å². The molecule has 0 saturated carbocycles. The molecule has 5 nitrogen and oxygen atoms in total. The molecule has 0 bridgehead atoms. The Morgan fingerprint density at radius 1 is 1.12 bits per heavy atom. The van der Waals surface area contributed by atoms with Gasteiger partial charge in [0, 0.05) is 11.3 Å². The highest BCUT2D eigenvalue weighted by Crippen LogP contribution is 2.20. The molecule has 134 valence electrons. The number of halogens is 1. The number of hydrogen-bond donors (Lipinski definition) is 2. The lowest BCUT2D eigenvalue weighted by Gasteiger charge is -2.22. The molecule has 1 atom stereocenters. The molecule has 1 unspecified atom stereocenters. The summed E-state index contributed by atoms with van der Waals surface area (Å²) < 4.78 is 0. The van der Waals surface area contributed by atoms with Gasteiger partial charge in [-0.1, -0.05) is 43.1 Å². The van der Waals surface area contributed by atoms with Crippen LogP contribution in [0.4, 0.5) is 5.69 Å². The first-order chi connectivity index (χ1) is 12.3. The lowest BCUT2D eigenvalue weighted by molar-refractivity contribution is -0.118. The molecule has 6 heteroatoms. The molecule has 2 aromatic carbocycles. The van der Waals surface area contributed by atoms with Crippen LogP contribution >= 0.6 is 11.6 Å². The summed E-state index contributed by atoms with van der Waals surface area (Å²) in [5.41, 5.74) is 2.27. The first-order valence-electron chi connectivity index (χ1n) is 8.20. The minimum atomic E-state index is -0.718. The second-order valence-corrected chi connectivity index (χ2v) is 6.76. The standard InChI is InChI=1S/C20H20ClN3O2/c1-12(2)18(24-19(25)14-6-4-13(3)5-7-14)20(26)23-16-8-9-17(21)15(10-16)11-22/h4-10,12,18H,1-3H3,(H,23,26)(H,24,25). The van der Waals surface area contributed by atoms with E-state index in [1.807, 2.05) is 39.0 Å². The minimum Gasteiger partial charge on any atom is -0.340 e. The largest absolute Gasteiger partial charge is 0.340 e. The van der Waals surface area contributed by atoms with E-state index in [2.05, 4.69) is 10.6 Å². The van der Waals surface area contributed by atoms with Crippen LogP contribution in [-0.4, -0.2) is 17.9 Å². The van der Waals surface area contributed by atoms with Gasteiger partial charge in [-0.05, 0) is 43.2 Å². The molecule has 0 fully saturated rings. The third-order valence-corrected chi connectivity index (χ3v) is 4.23. The van der Waals surface area contributed by atoms with Crippen molar-refractivity contribution in [3.05, 3.63) is 64.2 Å². The van der Waals surface area contributed by atoms with Gasteiger partial charge in [0.25, 0.3) is 5.91 Å². The van der Waals surface area contributed by atoms with Gasteiger partial charge in [-0.2, -0.15) is 5.26 Å². The van der Waals surface area contributed by atoms with Gasteiger partial charge < -0.3 is 10.6 Å². The molecule has 0 saturated heterocycles. The molecule has 2 amide bonds. The highest BCUT2D eigenvalue weighted by Gasteiger charge is 2.25. The number of aryl methyl sites for hydroxylation is 1. The van der Waals surface area contributed by atoms with Crippen molar-refractivity contribution in [3.63, 3.8) is 0 Å². The number of anilines is 1. The summed E-state index contributed by atoms with van der Waals surface area (Å²) in [6.07, 6.45) is 0. The van der Waals surface area contributed by atoms with E-state index in [0.29, 0.717) is 16.3 Å². The second kappa shape index (κ2) is 8.50. The summed E-state index contributed by atoms with van der Waals surface area (Å²) in [7, 11) is 0. The predicted octanol–water partition coefficient (Wildman–Crippen LogP) is 3.91. The van der Waals surface area contributed by atoms with Gasteiger partial charge in [0.1, 0.15) is 12.1 Å². The first-order valence-corrected chi connectivity index (χ1v) is 8.57. The Labute approximate surface area is 158 Å². The van der Waals surface area contributed by atoms with E-state index < -0.39 is 6.04 Å². The maximum absolute atomic E-state index is 12.6. The molecular formula is C20H20ClN3O2. The number of nitrogens with one attached hydrogen (secondary N) is 2. The smallest absolute Gasteiger partial charge is 0.251 e. The van der Waals surface area contributed by atoms with Crippen LogP contribution in [0.3, 0.4) is 0 Å². The van der Waals surface area contributed by atoms with Crippen molar-refractivity contribution in [3.8, 4) is 6.07 Å². The molecular weight excluding hydrogens is 350 g/mol. The summed E-state index contributed by atoms with van der Waals surface area (Å²) in [6, 6.07) is 13.0. The Morgan fingerprint density at radius 3 is 2.35 bits per heavy atom. The fourth-order valence-electron chi connectivity index (χ4n) is 2.37. The number of carbonyl (C=O) groups excluding carboxylic acids is 2. The van der Waals surface area contributed by atoms with Gasteiger partial charge in [-0.3, -0.25) is 9.59 Å². The Hall–Kier alpha value is -2.84. The molecule has 2 aromatic rings. The van der Waals surface area contributed by atoms with Gasteiger partial charge in [0.15, 0.2) is 0 Å². The number of amides is 2. The average Bonchev–Trinajstić information content (AvgIpc) is 2.61. The molecule has 0 aliphatic heterocycles. The topological polar surface area (TPSA) is 82.0 Å². The summed E-state index contributed by atoms with van der Waals surface area (Å²) in [4.78, 5) is 25.0. The van der Waals surface area contributed by atoms with Crippen molar-refractivity contribution < 1.29 is 9.59 Å². The van der Waals surface area contributed by atoms with Gasteiger partial charge in [0.2, 0.25) is 5.91 Å². The third-order valence-electron chi connectivity index (χ3n) is 3.90. The lowest BCUT2D eigenvalue weighted by Crippen LogP contribution is -2.47. The Kier molecular flexibility index (Phi) is 6.37. The van der Waals surface area contributed by atoms with E-state index in [1.165, 1.54) is 6.07 Å². The fraction of sp³-hybridized carbons (Fsp3) is 0.250. The highest BCUT2D eigenvalue weighted by atomic mass is 35.5. The second-order valence-electron chi connectivity index (χ2n) is 6.36. The molecule has 2 rings (SSSR count). The number of hydrogen-bond acceptors (Lipinski definition) is 3. The molecule has 0 aliphatic carbocycles. The monoisotopic (exact) mass is 369 g/mol. The maximum Gasteiger partial charge on any atom is 0.251 e. The van der Waals surface area contributed by atoms with Gasteiger partial charge in [-0.25, -0.2) is 0 Å². The van der Waals surface area contributed by atoms with Crippen molar-refractivity contribution >= 4 is 29.1 Å². The van der Waals surface area contributed by atoms with Crippen LogP contribution < -0.4 is 10.6 Å². The summed E-state index contributed by atoms with van der Waals surface area (Å²) >= 11 is 5.90. The fourth-order valence-corrected chi connectivity index (χ4v) is 2.53. The Balaban J connectivity index is 2.13. The molecule has 2 N–H and O–H groups in total. The first kappa shape index (κ1) is 19.5. The summed E-state index contributed by atoms with van der Waals surface area (Å²) in [5, 5.41) is 14.9. The predicted molar refractivity (Wildman–Crippen MR) is 102 cm³/mol. The zero-order valence-electron chi connectivity index (χ0n) is 14.8. The third kappa shape index (κ3) is 4.84. The van der Waals surface area contributed by atoms with E-state index in [9.17, 15) is 9.59 Å². The van der Waals surface area contributed by atoms with Crippen LogP contribution in [0, 0.1) is 24.2 Å². The zero-order chi connectivity index (χ0) is 19.3. The van der Waals surface area contributed by atoms with Crippen LogP contribution in [0.5, 0.6) is 0 Å². The quantitative estimate of drug-likeness (QED) is 0.838. The van der Waals surface area contributed by atoms with E-state index >= 15 is 0 Å². The average molecular weight is 370 g/mol. The van der Waals surface area contributed by atoms with Gasteiger partial charge >= 0.3 is 0 Å². The normalized spacial score (nSPS) is 11.5. The molecule has 0 radical (unpaired) electrons. The zero-order valence-corrected chi connectivity index (χ0v) is 15.6. The molecule has 0 aliphatic rings. The van der Waals surface area contributed by atoms with Crippen molar-refractivity contribution in [2.75, 3.05) is 5.32 Å². The minimum absolute atomic E-state index is 0.118. The number of carbonyl (C=O) groups is 2. The van der Waals surface area contributed by atoms with Crippen LogP contribution in [0.25, 0.3) is 0 Å². The molecule has 0 spiro atoms. The van der Waals surface area contributed by atoms with E-state index in [0.717, 1.165) is 5.56 Å². The van der Waals surface area contributed by atoms with Crippen LogP contribution in [0.15, 0.2) is 42.5 Å². The van der Waals surface area contributed by atoms with E-state index in [4.69, 9.17) is 16.9 Å². The number of rotatable bonds is 5. The molecule has 26 heavy (non-hydrogen) atoms. The van der Waals surface area contributed by atoms with E-state index in [1.54, 1.807) is 24.3 Å². The van der Waals surface area contributed by atoms with Gasteiger partial charge in [0.05, 0.1) is 10.6 Å². The molecule has 0 aromatic heterocycles. The SMILES string of the molecule is Cc1ccc(C(=O)NC(C(=O)Nc2ccc(Cl)c(C#N)c2)C(C)C)cc1. The van der Waals surface area contributed by atoms with E-state index in [-0.39, 0.29) is 23.3 Å². The number of benzene rings is 2. The van der Waals surface area contributed by atoms with Crippen LogP contribution in [-0.2, 0) is 4.79 Å². The van der Waals surface area contributed by atoms with Crippen molar-refractivity contribution in [2.24, 2.45) is 5.92 Å². The summed E-state index contributed by atoms with van der Waals surface area (Å²) in [5.74, 6) is -0.786. The van der Waals surface area contributed by atoms with Crippen molar-refractivity contribution in [1.29, 1.82) is 5.26 Å². The van der Waals surface area contributed by atoms with Crippen molar-refractivity contribution in [2.45, 2.75) is 26.8 Å². The van der Waals surface area contributed by atoms with Crippen LogP contribution in [0.2, 0.25) is 5.02 Å². The highest BCUT2D eigenvalue weighted by molar-refractivity contribution is 6.31. The lowest BCUT2D eigenvalue weighted by atomic mass is 10.0. The molecule has 0 heterocycles. The number of nitrogens with zero attached hydrogens (tertiary/aromatic N) is 1. The van der Waals surface area contributed by atoms with Crippen LogP contribution in [0.1, 0.15) is 35.3 Å².